The minimum absolute atomic E-state index is 0.133. The molecule has 0 radical (unpaired) electrons. The van der Waals surface area contributed by atoms with E-state index in [9.17, 15) is 4.79 Å². The van der Waals surface area contributed by atoms with E-state index in [-0.39, 0.29) is 16.9 Å². The van der Waals surface area contributed by atoms with E-state index < -0.39 is 0 Å². The second kappa shape index (κ2) is 6.02. The lowest BCUT2D eigenvalue weighted by Crippen LogP contribution is -2.44. The van der Waals surface area contributed by atoms with Gasteiger partial charge in [-0.25, -0.2) is 0 Å². The van der Waals surface area contributed by atoms with E-state index >= 15 is 0 Å². The van der Waals surface area contributed by atoms with Gasteiger partial charge in [0, 0.05) is 18.5 Å². The molecule has 1 aliphatic rings. The lowest BCUT2D eigenvalue weighted by atomic mass is 9.80. The fourth-order valence-corrected chi connectivity index (χ4v) is 2.17. The predicted molar refractivity (Wildman–Crippen MR) is 75.3 cm³/mol. The van der Waals surface area contributed by atoms with Crippen molar-refractivity contribution < 1.29 is 4.79 Å². The smallest absolute Gasteiger partial charge is 0.220 e. The van der Waals surface area contributed by atoms with Crippen LogP contribution >= 0.6 is 0 Å². The highest BCUT2D eigenvalue weighted by Gasteiger charge is 2.29. The molecule has 1 saturated heterocycles. The van der Waals surface area contributed by atoms with Crippen LogP contribution < -0.4 is 11.1 Å². The first-order chi connectivity index (χ1) is 8.20. The van der Waals surface area contributed by atoms with Crippen molar-refractivity contribution in [2.45, 2.75) is 52.0 Å². The Hall–Kier alpha value is -0.610. The first-order valence-electron chi connectivity index (χ1n) is 6.94. The van der Waals surface area contributed by atoms with Crippen molar-refractivity contribution >= 4 is 5.91 Å². The third-order valence-electron chi connectivity index (χ3n) is 3.90. The van der Waals surface area contributed by atoms with Crippen molar-refractivity contribution in [1.29, 1.82) is 0 Å². The number of nitrogens with one attached hydrogen (secondary N) is 1. The van der Waals surface area contributed by atoms with E-state index in [1.807, 2.05) is 13.8 Å². The number of amides is 1. The molecule has 0 spiro atoms. The maximum atomic E-state index is 11.8. The van der Waals surface area contributed by atoms with Crippen LogP contribution in [0, 0.1) is 5.41 Å². The van der Waals surface area contributed by atoms with Crippen molar-refractivity contribution in [2.24, 2.45) is 11.1 Å². The SMILES string of the molecule is CN1CCC(C)(CNC(=O)CCC(C)(C)N)CC1. The molecule has 0 aromatic carbocycles. The van der Waals surface area contributed by atoms with Gasteiger partial charge in [0.05, 0.1) is 0 Å². The molecule has 18 heavy (non-hydrogen) atoms. The van der Waals surface area contributed by atoms with E-state index in [1.165, 1.54) is 0 Å². The second-order valence-electron chi connectivity index (χ2n) is 6.88. The van der Waals surface area contributed by atoms with Crippen molar-refractivity contribution in [1.82, 2.24) is 10.2 Å². The molecule has 3 N–H and O–H groups in total. The van der Waals surface area contributed by atoms with E-state index in [0.717, 1.165) is 38.9 Å². The van der Waals surface area contributed by atoms with Gasteiger partial charge >= 0.3 is 0 Å². The number of nitrogens with zero attached hydrogens (tertiary/aromatic N) is 1. The molecule has 1 amide bonds. The molecule has 0 aromatic rings. The summed E-state index contributed by atoms with van der Waals surface area (Å²) in [7, 11) is 2.15. The maximum absolute atomic E-state index is 11.8. The minimum Gasteiger partial charge on any atom is -0.356 e. The third kappa shape index (κ3) is 5.83. The molecule has 0 bridgehead atoms. The zero-order chi connectivity index (χ0) is 13.8. The molecular weight excluding hydrogens is 226 g/mol. The van der Waals surface area contributed by atoms with Crippen LogP contribution in [0.25, 0.3) is 0 Å². The Morgan fingerprint density at radius 3 is 2.44 bits per heavy atom. The Kier molecular flexibility index (Phi) is 5.17. The molecule has 1 heterocycles. The molecule has 1 fully saturated rings. The summed E-state index contributed by atoms with van der Waals surface area (Å²) in [5, 5.41) is 3.07. The molecule has 0 aromatic heterocycles. The third-order valence-corrected chi connectivity index (χ3v) is 3.90. The highest BCUT2D eigenvalue weighted by atomic mass is 16.1. The van der Waals surface area contributed by atoms with E-state index in [4.69, 9.17) is 5.73 Å². The molecule has 0 atom stereocenters. The average molecular weight is 255 g/mol. The lowest BCUT2D eigenvalue weighted by molar-refractivity contribution is -0.122. The largest absolute Gasteiger partial charge is 0.356 e. The van der Waals surface area contributed by atoms with Crippen LogP contribution in [0.15, 0.2) is 0 Å². The van der Waals surface area contributed by atoms with Gasteiger partial charge in [-0.05, 0) is 58.7 Å². The van der Waals surface area contributed by atoms with E-state index in [1.54, 1.807) is 0 Å². The topological polar surface area (TPSA) is 58.4 Å². The van der Waals surface area contributed by atoms with Crippen LogP contribution in [0.2, 0.25) is 0 Å². The minimum atomic E-state index is -0.255. The Morgan fingerprint density at radius 1 is 1.39 bits per heavy atom. The molecule has 106 valence electrons. The van der Waals surface area contributed by atoms with Gasteiger partial charge < -0.3 is 16.0 Å². The van der Waals surface area contributed by atoms with Crippen LogP contribution in [0.3, 0.4) is 0 Å². The van der Waals surface area contributed by atoms with Gasteiger partial charge in [0.2, 0.25) is 5.91 Å². The number of carbonyl (C=O) groups is 1. The number of piperidine rings is 1. The average Bonchev–Trinajstić information content (AvgIpc) is 2.27. The van der Waals surface area contributed by atoms with Gasteiger partial charge in [0.1, 0.15) is 0 Å². The molecule has 0 saturated carbocycles. The Balaban J connectivity index is 2.25. The van der Waals surface area contributed by atoms with Crippen molar-refractivity contribution in [3.05, 3.63) is 0 Å². The molecular formula is C14H29N3O. The summed E-state index contributed by atoms with van der Waals surface area (Å²) in [6.45, 7) is 9.24. The summed E-state index contributed by atoms with van der Waals surface area (Å²) in [6.07, 6.45) is 3.58. The summed E-state index contributed by atoms with van der Waals surface area (Å²) in [6, 6.07) is 0. The molecule has 0 aliphatic carbocycles. The fourth-order valence-electron chi connectivity index (χ4n) is 2.17. The normalized spacial score (nSPS) is 20.7. The van der Waals surface area contributed by atoms with Gasteiger partial charge in [0.15, 0.2) is 0 Å². The zero-order valence-corrected chi connectivity index (χ0v) is 12.4. The highest BCUT2D eigenvalue weighted by molar-refractivity contribution is 5.75. The number of likely N-dealkylation sites (tertiary alicyclic amines) is 1. The summed E-state index contributed by atoms with van der Waals surface area (Å²) < 4.78 is 0. The molecule has 1 aliphatic heterocycles. The van der Waals surface area contributed by atoms with Gasteiger partial charge in [0.25, 0.3) is 0 Å². The number of nitrogens with two attached hydrogens (primary N) is 1. The van der Waals surface area contributed by atoms with Crippen LogP contribution in [-0.4, -0.2) is 43.0 Å². The second-order valence-corrected chi connectivity index (χ2v) is 6.88. The molecule has 0 unspecified atom stereocenters. The number of hydrogen-bond acceptors (Lipinski definition) is 3. The molecule has 4 heteroatoms. The summed E-state index contributed by atoms with van der Waals surface area (Å²) in [4.78, 5) is 14.1. The van der Waals surface area contributed by atoms with Gasteiger partial charge in [-0.15, -0.1) is 0 Å². The number of hydrogen-bond donors (Lipinski definition) is 2. The molecule has 4 nitrogen and oxygen atoms in total. The van der Waals surface area contributed by atoms with Crippen molar-refractivity contribution in [3.8, 4) is 0 Å². The predicted octanol–water partition coefficient (Wildman–Crippen LogP) is 1.35. The van der Waals surface area contributed by atoms with Gasteiger partial charge in [-0.2, -0.15) is 0 Å². The first-order valence-corrected chi connectivity index (χ1v) is 6.94. The quantitative estimate of drug-likeness (QED) is 0.779. The van der Waals surface area contributed by atoms with E-state index in [2.05, 4.69) is 24.2 Å². The van der Waals surface area contributed by atoms with Crippen LogP contribution in [0.5, 0.6) is 0 Å². The van der Waals surface area contributed by atoms with Crippen molar-refractivity contribution in [3.63, 3.8) is 0 Å². The van der Waals surface area contributed by atoms with E-state index in [0.29, 0.717) is 6.42 Å². The maximum Gasteiger partial charge on any atom is 0.220 e. The number of rotatable bonds is 5. The Morgan fingerprint density at radius 2 is 1.94 bits per heavy atom. The van der Waals surface area contributed by atoms with Crippen LogP contribution in [0.1, 0.15) is 46.5 Å². The summed E-state index contributed by atoms with van der Waals surface area (Å²) in [5.74, 6) is 0.133. The highest BCUT2D eigenvalue weighted by Crippen LogP contribution is 2.29. The lowest BCUT2D eigenvalue weighted by Gasteiger charge is -2.38. The fraction of sp³-hybridized carbons (Fsp3) is 0.929. The number of carbonyl (C=O) groups excluding carboxylic acids is 1. The first kappa shape index (κ1) is 15.4. The summed E-state index contributed by atoms with van der Waals surface area (Å²) >= 11 is 0. The Bertz CT molecular complexity index is 275. The van der Waals surface area contributed by atoms with Gasteiger partial charge in [-0.3, -0.25) is 4.79 Å². The van der Waals surface area contributed by atoms with Crippen LogP contribution in [0.4, 0.5) is 0 Å². The Labute approximate surface area is 111 Å². The van der Waals surface area contributed by atoms with Gasteiger partial charge in [-0.1, -0.05) is 6.92 Å². The van der Waals surface area contributed by atoms with Crippen LogP contribution in [-0.2, 0) is 4.79 Å². The monoisotopic (exact) mass is 255 g/mol. The van der Waals surface area contributed by atoms with Crippen molar-refractivity contribution in [2.75, 3.05) is 26.7 Å². The standard InChI is InChI=1S/C14H29N3O/c1-13(2,15)6-5-12(18)16-11-14(3)7-9-17(4)10-8-14/h5-11,15H2,1-4H3,(H,16,18). The summed E-state index contributed by atoms with van der Waals surface area (Å²) in [5.41, 5.74) is 5.89. The molecule has 1 rings (SSSR count). The zero-order valence-electron chi connectivity index (χ0n) is 12.4.